The number of carboxylic acid groups (broad SMARTS) is 1. The Morgan fingerprint density at radius 2 is 2.05 bits per heavy atom. The summed E-state index contributed by atoms with van der Waals surface area (Å²) in [4.78, 5) is 26.6. The van der Waals surface area contributed by atoms with Crippen LogP contribution in [-0.4, -0.2) is 27.1 Å². The second-order valence-corrected chi connectivity index (χ2v) is 4.45. The number of aryl methyl sites for hydroxylation is 1. The molecule has 0 aliphatic rings. The number of phenols is 1. The molecule has 3 N–H and O–H groups in total. The number of phenolic OH excluding ortho intramolecular Hbond substituents is 1. The summed E-state index contributed by atoms with van der Waals surface area (Å²) in [6, 6.07) is 7.38. The van der Waals surface area contributed by atoms with Crippen LogP contribution in [0, 0.1) is 0 Å². The summed E-state index contributed by atoms with van der Waals surface area (Å²) in [6.45, 7) is 0. The molecule has 0 unspecified atom stereocenters. The number of hydrogen-bond donors (Lipinski definition) is 3. The third-order valence-corrected chi connectivity index (χ3v) is 2.88. The van der Waals surface area contributed by atoms with E-state index in [0.717, 1.165) is 5.56 Å². The van der Waals surface area contributed by atoms with Crippen LogP contribution in [0.15, 0.2) is 42.7 Å². The minimum atomic E-state index is -1.12. The van der Waals surface area contributed by atoms with Gasteiger partial charge < -0.3 is 15.5 Å². The number of aromatic nitrogens is 1. The Kier molecular flexibility index (Phi) is 4.50. The van der Waals surface area contributed by atoms with Crippen LogP contribution in [0.3, 0.4) is 0 Å². The van der Waals surface area contributed by atoms with Gasteiger partial charge >= 0.3 is 5.97 Å². The number of aromatic hydroxyl groups is 1. The number of carbonyl (C=O) groups excluding carboxylic acids is 1. The lowest BCUT2D eigenvalue weighted by molar-refractivity contribution is -0.116. The lowest BCUT2D eigenvalue weighted by Crippen LogP contribution is -2.13. The van der Waals surface area contributed by atoms with Gasteiger partial charge in [0.1, 0.15) is 5.75 Å². The summed E-state index contributed by atoms with van der Waals surface area (Å²) in [5.74, 6) is -1.60. The molecule has 0 spiro atoms. The van der Waals surface area contributed by atoms with Gasteiger partial charge in [-0.2, -0.15) is 0 Å². The third kappa shape index (κ3) is 4.04. The Morgan fingerprint density at radius 1 is 1.24 bits per heavy atom. The molecule has 21 heavy (non-hydrogen) atoms. The van der Waals surface area contributed by atoms with Gasteiger partial charge in [-0.3, -0.25) is 9.78 Å². The zero-order chi connectivity index (χ0) is 15.2. The van der Waals surface area contributed by atoms with Gasteiger partial charge in [-0.1, -0.05) is 6.07 Å². The zero-order valence-electron chi connectivity index (χ0n) is 11.1. The second kappa shape index (κ2) is 6.51. The van der Waals surface area contributed by atoms with E-state index in [1.807, 2.05) is 6.07 Å². The molecule has 0 bridgehead atoms. The van der Waals surface area contributed by atoms with Gasteiger partial charge in [0.05, 0.1) is 11.3 Å². The molecule has 6 heteroatoms. The summed E-state index contributed by atoms with van der Waals surface area (Å²) in [7, 11) is 0. The van der Waals surface area contributed by atoms with Crippen LogP contribution in [0.4, 0.5) is 5.69 Å². The normalized spacial score (nSPS) is 10.1. The molecule has 0 atom stereocenters. The van der Waals surface area contributed by atoms with Crippen LogP contribution in [0.25, 0.3) is 0 Å². The largest absolute Gasteiger partial charge is 0.506 e. The maximum Gasteiger partial charge on any atom is 0.335 e. The SMILES string of the molecule is O=C(CCc1cccnc1)Nc1cc(C(=O)O)ccc1O. The highest BCUT2D eigenvalue weighted by molar-refractivity contribution is 5.95. The first kappa shape index (κ1) is 14.5. The number of nitrogens with zero attached hydrogens (tertiary/aromatic N) is 1. The smallest absolute Gasteiger partial charge is 0.335 e. The zero-order valence-corrected chi connectivity index (χ0v) is 11.1. The van der Waals surface area contributed by atoms with Crippen molar-refractivity contribution < 1.29 is 19.8 Å². The van der Waals surface area contributed by atoms with Crippen LogP contribution in [-0.2, 0) is 11.2 Å². The average molecular weight is 286 g/mol. The van der Waals surface area contributed by atoms with Crippen molar-refractivity contribution in [3.63, 3.8) is 0 Å². The second-order valence-electron chi connectivity index (χ2n) is 4.45. The van der Waals surface area contributed by atoms with E-state index < -0.39 is 5.97 Å². The quantitative estimate of drug-likeness (QED) is 0.730. The van der Waals surface area contributed by atoms with Gasteiger partial charge in [0.15, 0.2) is 0 Å². The van der Waals surface area contributed by atoms with Gasteiger partial charge in [0.25, 0.3) is 0 Å². The van der Waals surface area contributed by atoms with E-state index in [2.05, 4.69) is 10.3 Å². The number of rotatable bonds is 5. The number of carbonyl (C=O) groups is 2. The Morgan fingerprint density at radius 3 is 2.71 bits per heavy atom. The van der Waals surface area contributed by atoms with E-state index in [9.17, 15) is 14.7 Å². The number of pyridine rings is 1. The first-order valence-corrected chi connectivity index (χ1v) is 6.31. The van der Waals surface area contributed by atoms with Crippen LogP contribution >= 0.6 is 0 Å². The Bertz CT molecular complexity index is 656. The summed E-state index contributed by atoms with van der Waals surface area (Å²) in [5.41, 5.74) is 1.01. The lowest BCUT2D eigenvalue weighted by Gasteiger charge is -2.08. The molecule has 0 aliphatic carbocycles. The highest BCUT2D eigenvalue weighted by atomic mass is 16.4. The standard InChI is InChI=1S/C15H14N2O4/c18-13-5-4-11(15(20)21)8-12(13)17-14(19)6-3-10-2-1-7-16-9-10/h1-2,4-5,7-9,18H,3,6H2,(H,17,19)(H,20,21). The maximum atomic E-state index is 11.8. The number of nitrogens with one attached hydrogen (secondary N) is 1. The summed E-state index contributed by atoms with van der Waals surface area (Å²) < 4.78 is 0. The Balaban J connectivity index is 1.99. The van der Waals surface area contributed by atoms with Crippen LogP contribution in [0.1, 0.15) is 22.3 Å². The number of anilines is 1. The van der Waals surface area contributed by atoms with Crippen LogP contribution in [0.5, 0.6) is 5.75 Å². The van der Waals surface area contributed by atoms with Gasteiger partial charge in [0.2, 0.25) is 5.91 Å². The average Bonchev–Trinajstić information content (AvgIpc) is 2.48. The third-order valence-electron chi connectivity index (χ3n) is 2.88. The first-order chi connectivity index (χ1) is 10.1. The molecule has 1 heterocycles. The number of benzene rings is 1. The molecule has 1 aromatic heterocycles. The van der Waals surface area contributed by atoms with Crippen molar-refractivity contribution in [2.24, 2.45) is 0 Å². The monoisotopic (exact) mass is 286 g/mol. The van der Waals surface area contributed by atoms with Gasteiger partial charge in [0, 0.05) is 18.8 Å². The van der Waals surface area contributed by atoms with Gasteiger partial charge in [-0.15, -0.1) is 0 Å². The number of hydrogen-bond acceptors (Lipinski definition) is 4. The first-order valence-electron chi connectivity index (χ1n) is 6.31. The number of amides is 1. The molecule has 0 fully saturated rings. The molecule has 0 saturated heterocycles. The fourth-order valence-corrected chi connectivity index (χ4v) is 1.79. The van der Waals surface area contributed by atoms with E-state index in [1.54, 1.807) is 18.5 Å². The van der Waals surface area contributed by atoms with Crippen molar-refractivity contribution >= 4 is 17.6 Å². The highest BCUT2D eigenvalue weighted by Gasteiger charge is 2.10. The molecule has 0 saturated carbocycles. The van der Waals surface area contributed by atoms with Crippen molar-refractivity contribution in [1.82, 2.24) is 4.98 Å². The maximum absolute atomic E-state index is 11.8. The molecule has 1 aromatic carbocycles. The predicted octanol–water partition coefficient (Wildman–Crippen LogP) is 2.06. The highest BCUT2D eigenvalue weighted by Crippen LogP contribution is 2.24. The molecule has 108 valence electrons. The Hall–Kier alpha value is -2.89. The van der Waals surface area contributed by atoms with Crippen molar-refractivity contribution in [1.29, 1.82) is 0 Å². The minimum Gasteiger partial charge on any atom is -0.506 e. The predicted molar refractivity (Wildman–Crippen MR) is 76.3 cm³/mol. The van der Waals surface area contributed by atoms with Crippen LogP contribution < -0.4 is 5.32 Å². The molecule has 6 nitrogen and oxygen atoms in total. The van der Waals surface area contributed by atoms with Crippen LogP contribution in [0.2, 0.25) is 0 Å². The van der Waals surface area contributed by atoms with E-state index in [1.165, 1.54) is 18.2 Å². The fraction of sp³-hybridized carbons (Fsp3) is 0.133. The van der Waals surface area contributed by atoms with Crippen molar-refractivity contribution in [3.8, 4) is 5.75 Å². The Labute approximate surface area is 121 Å². The molecule has 2 rings (SSSR count). The fourth-order valence-electron chi connectivity index (χ4n) is 1.79. The lowest BCUT2D eigenvalue weighted by atomic mass is 10.1. The molecule has 0 radical (unpaired) electrons. The number of aromatic carboxylic acids is 1. The van der Waals surface area contributed by atoms with E-state index in [0.29, 0.717) is 6.42 Å². The number of carboxylic acids is 1. The summed E-state index contributed by atoms with van der Waals surface area (Å²) in [6.07, 6.45) is 4.05. The molecular weight excluding hydrogens is 272 g/mol. The molecule has 2 aromatic rings. The summed E-state index contributed by atoms with van der Waals surface area (Å²) >= 11 is 0. The van der Waals surface area contributed by atoms with Gasteiger partial charge in [-0.05, 0) is 36.2 Å². The van der Waals surface area contributed by atoms with Crippen molar-refractivity contribution in [2.45, 2.75) is 12.8 Å². The molecule has 0 aliphatic heterocycles. The van der Waals surface area contributed by atoms with Crippen molar-refractivity contribution in [3.05, 3.63) is 53.9 Å². The van der Waals surface area contributed by atoms with E-state index in [4.69, 9.17) is 5.11 Å². The van der Waals surface area contributed by atoms with E-state index in [-0.39, 0.29) is 29.3 Å². The van der Waals surface area contributed by atoms with E-state index >= 15 is 0 Å². The van der Waals surface area contributed by atoms with Crippen molar-refractivity contribution in [2.75, 3.05) is 5.32 Å². The van der Waals surface area contributed by atoms with Gasteiger partial charge in [-0.25, -0.2) is 4.79 Å². The molecule has 1 amide bonds. The minimum absolute atomic E-state index is 0.00430. The summed E-state index contributed by atoms with van der Waals surface area (Å²) in [5, 5.41) is 21.0. The molecular formula is C15H14N2O4. The topological polar surface area (TPSA) is 99.5 Å².